The Hall–Kier alpha value is -2.69. The average molecular weight is 418 g/mol. The van der Waals surface area contributed by atoms with E-state index in [1.54, 1.807) is 32.2 Å². The molecule has 0 unspecified atom stereocenters. The van der Waals surface area contributed by atoms with Gasteiger partial charge in [0.2, 0.25) is 15.2 Å². The van der Waals surface area contributed by atoms with E-state index in [0.29, 0.717) is 35.3 Å². The zero-order valence-electron chi connectivity index (χ0n) is 15.4. The van der Waals surface area contributed by atoms with E-state index in [0.717, 1.165) is 11.5 Å². The second-order valence-electron chi connectivity index (χ2n) is 5.71. The summed E-state index contributed by atoms with van der Waals surface area (Å²) in [4.78, 5) is 21.0. The number of pyridine rings is 1. The predicted octanol–water partition coefficient (Wildman–Crippen LogP) is 2.88. The molecule has 1 amide bonds. The summed E-state index contributed by atoms with van der Waals surface area (Å²) in [5.41, 5.74) is 0.943. The Balaban J connectivity index is 1.73. The fourth-order valence-electron chi connectivity index (χ4n) is 2.53. The molecule has 0 radical (unpaired) electrons. The molecule has 1 aromatic carbocycles. The molecule has 0 saturated carbocycles. The molecule has 2 heterocycles. The zero-order chi connectivity index (χ0) is 20.1. The number of carbonyl (C=O) groups excluding carboxylic acids is 1. The van der Waals surface area contributed by atoms with Crippen LogP contribution < -0.4 is 5.32 Å². The summed E-state index contributed by atoms with van der Waals surface area (Å²) in [6.45, 7) is 4.34. The molecule has 2 aromatic heterocycles. The van der Waals surface area contributed by atoms with Crippen molar-refractivity contribution in [3.05, 3.63) is 54.2 Å². The third-order valence-electron chi connectivity index (χ3n) is 4.00. The molecule has 28 heavy (non-hydrogen) atoms. The smallest absolute Gasteiger partial charge is 0.257 e. The maximum atomic E-state index is 12.5. The Morgan fingerprint density at radius 2 is 1.82 bits per heavy atom. The standard InChI is InChI=1S/C18H19N5O3S2/c1-3-23(4-2)28(25,26)14-10-8-13(9-11-14)17(24)21-18-20-16(22-27-18)15-7-5-6-12-19-15/h5-12H,3-4H2,1-2H3,(H,20,21,22,24). The van der Waals surface area contributed by atoms with Gasteiger partial charge in [-0.3, -0.25) is 15.1 Å². The molecule has 3 aromatic rings. The quantitative estimate of drug-likeness (QED) is 0.634. The SMILES string of the molecule is CCN(CC)S(=O)(=O)c1ccc(C(=O)Nc2nc(-c3ccccn3)ns2)cc1. The number of hydrogen-bond acceptors (Lipinski definition) is 7. The lowest BCUT2D eigenvalue weighted by molar-refractivity contribution is 0.102. The van der Waals surface area contributed by atoms with Crippen LogP contribution in [0.1, 0.15) is 24.2 Å². The first kappa shape index (κ1) is 20.1. The fourth-order valence-corrected chi connectivity index (χ4v) is 4.56. The Morgan fingerprint density at radius 3 is 2.43 bits per heavy atom. The van der Waals surface area contributed by atoms with E-state index in [1.807, 2.05) is 6.07 Å². The van der Waals surface area contributed by atoms with E-state index >= 15 is 0 Å². The molecular weight excluding hydrogens is 398 g/mol. The molecule has 0 aliphatic heterocycles. The molecule has 10 heteroatoms. The lowest BCUT2D eigenvalue weighted by Gasteiger charge is -2.18. The van der Waals surface area contributed by atoms with Crippen molar-refractivity contribution < 1.29 is 13.2 Å². The minimum Gasteiger partial charge on any atom is -0.297 e. The number of rotatable bonds is 7. The largest absolute Gasteiger partial charge is 0.297 e. The van der Waals surface area contributed by atoms with Crippen molar-refractivity contribution in [1.82, 2.24) is 18.6 Å². The number of hydrogen-bond donors (Lipinski definition) is 1. The van der Waals surface area contributed by atoms with Crippen molar-refractivity contribution in [3.8, 4) is 11.5 Å². The van der Waals surface area contributed by atoms with Gasteiger partial charge in [-0.25, -0.2) is 8.42 Å². The summed E-state index contributed by atoms with van der Waals surface area (Å²) in [6, 6.07) is 11.2. The molecule has 0 fully saturated rings. The van der Waals surface area contributed by atoms with Gasteiger partial charge in [-0.2, -0.15) is 13.7 Å². The number of carbonyl (C=O) groups is 1. The number of nitrogens with zero attached hydrogens (tertiary/aromatic N) is 4. The van der Waals surface area contributed by atoms with Gasteiger partial charge in [-0.05, 0) is 36.4 Å². The van der Waals surface area contributed by atoms with Gasteiger partial charge < -0.3 is 0 Å². The summed E-state index contributed by atoms with van der Waals surface area (Å²) < 4.78 is 30.6. The van der Waals surface area contributed by atoms with E-state index in [-0.39, 0.29) is 4.90 Å². The van der Waals surface area contributed by atoms with Crippen molar-refractivity contribution in [2.24, 2.45) is 0 Å². The van der Waals surface area contributed by atoms with Gasteiger partial charge in [-0.15, -0.1) is 0 Å². The molecule has 0 saturated heterocycles. The Morgan fingerprint density at radius 1 is 1.11 bits per heavy atom. The summed E-state index contributed by atoms with van der Waals surface area (Å²) >= 11 is 1.05. The first-order valence-electron chi connectivity index (χ1n) is 8.62. The molecule has 0 atom stereocenters. The number of nitrogens with one attached hydrogen (secondary N) is 1. The van der Waals surface area contributed by atoms with Crippen LogP contribution in [0, 0.1) is 0 Å². The maximum Gasteiger partial charge on any atom is 0.257 e. The van der Waals surface area contributed by atoms with Gasteiger partial charge >= 0.3 is 0 Å². The number of anilines is 1. The summed E-state index contributed by atoms with van der Waals surface area (Å²) in [5, 5.41) is 3.01. The number of amides is 1. The lowest BCUT2D eigenvalue weighted by atomic mass is 10.2. The molecular formula is C18H19N5O3S2. The number of aromatic nitrogens is 3. The summed E-state index contributed by atoms with van der Waals surface area (Å²) in [7, 11) is -3.56. The first-order valence-corrected chi connectivity index (χ1v) is 10.8. The van der Waals surface area contributed by atoms with Gasteiger partial charge in [0.1, 0.15) is 5.69 Å². The Labute approximate surface area is 167 Å². The zero-order valence-corrected chi connectivity index (χ0v) is 17.0. The summed E-state index contributed by atoms with van der Waals surface area (Å²) in [6.07, 6.45) is 1.64. The van der Waals surface area contributed by atoms with Crippen LogP contribution in [0.5, 0.6) is 0 Å². The van der Waals surface area contributed by atoms with E-state index in [2.05, 4.69) is 19.7 Å². The summed E-state index contributed by atoms with van der Waals surface area (Å²) in [5.74, 6) is 0.0390. The van der Waals surface area contributed by atoms with Gasteiger partial charge in [0.25, 0.3) is 5.91 Å². The highest BCUT2D eigenvalue weighted by atomic mass is 32.2. The van der Waals surface area contributed by atoms with E-state index < -0.39 is 15.9 Å². The van der Waals surface area contributed by atoms with E-state index in [9.17, 15) is 13.2 Å². The topological polar surface area (TPSA) is 105 Å². The van der Waals surface area contributed by atoms with Crippen LogP contribution in [0.2, 0.25) is 0 Å². The van der Waals surface area contributed by atoms with Crippen molar-refractivity contribution in [2.45, 2.75) is 18.7 Å². The third-order valence-corrected chi connectivity index (χ3v) is 6.69. The fraction of sp³-hybridized carbons (Fsp3) is 0.222. The van der Waals surface area contributed by atoms with Gasteiger partial charge in [-0.1, -0.05) is 19.9 Å². The van der Waals surface area contributed by atoms with E-state index in [1.165, 1.54) is 28.6 Å². The minimum atomic E-state index is -3.56. The predicted molar refractivity (Wildman–Crippen MR) is 108 cm³/mol. The first-order chi connectivity index (χ1) is 13.5. The molecule has 8 nitrogen and oxygen atoms in total. The van der Waals surface area contributed by atoms with Crippen LogP contribution in [0.15, 0.2) is 53.6 Å². The molecule has 0 spiro atoms. The normalized spacial score (nSPS) is 11.5. The Kier molecular flexibility index (Phi) is 6.12. The van der Waals surface area contributed by atoms with Crippen LogP contribution in [-0.2, 0) is 10.0 Å². The Bertz CT molecular complexity index is 1050. The maximum absolute atomic E-state index is 12.5. The molecule has 0 aliphatic carbocycles. The molecule has 1 N–H and O–H groups in total. The highest BCUT2D eigenvalue weighted by Gasteiger charge is 2.22. The van der Waals surface area contributed by atoms with Crippen LogP contribution in [0.3, 0.4) is 0 Å². The average Bonchev–Trinajstić information content (AvgIpc) is 3.18. The van der Waals surface area contributed by atoms with Crippen molar-refractivity contribution in [3.63, 3.8) is 0 Å². The second kappa shape index (κ2) is 8.55. The minimum absolute atomic E-state index is 0.154. The highest BCUT2D eigenvalue weighted by Crippen LogP contribution is 2.20. The number of benzene rings is 1. The van der Waals surface area contributed by atoms with Crippen LogP contribution >= 0.6 is 11.5 Å². The third kappa shape index (κ3) is 4.24. The van der Waals surface area contributed by atoms with Crippen LogP contribution in [0.25, 0.3) is 11.5 Å². The van der Waals surface area contributed by atoms with Crippen LogP contribution in [-0.4, -0.2) is 46.1 Å². The monoisotopic (exact) mass is 417 g/mol. The molecule has 0 bridgehead atoms. The van der Waals surface area contributed by atoms with Gasteiger partial charge in [0, 0.05) is 36.4 Å². The van der Waals surface area contributed by atoms with Crippen molar-refractivity contribution in [1.29, 1.82) is 0 Å². The second-order valence-corrected chi connectivity index (χ2v) is 8.40. The molecule has 0 aliphatic rings. The van der Waals surface area contributed by atoms with Crippen molar-refractivity contribution >= 4 is 32.6 Å². The van der Waals surface area contributed by atoms with Crippen molar-refractivity contribution in [2.75, 3.05) is 18.4 Å². The van der Waals surface area contributed by atoms with E-state index in [4.69, 9.17) is 0 Å². The number of sulfonamides is 1. The van der Waals surface area contributed by atoms with Crippen LogP contribution in [0.4, 0.5) is 5.13 Å². The van der Waals surface area contributed by atoms with Gasteiger partial charge in [0.15, 0.2) is 5.82 Å². The molecule has 3 rings (SSSR count). The highest BCUT2D eigenvalue weighted by molar-refractivity contribution is 7.89. The lowest BCUT2D eigenvalue weighted by Crippen LogP contribution is -2.30. The molecule has 146 valence electrons. The van der Waals surface area contributed by atoms with Gasteiger partial charge in [0.05, 0.1) is 4.90 Å².